The van der Waals surface area contributed by atoms with E-state index < -0.39 is 5.97 Å². The zero-order chi connectivity index (χ0) is 16.2. The van der Waals surface area contributed by atoms with Crippen LogP contribution in [0.1, 0.15) is 33.5 Å². The predicted octanol–water partition coefficient (Wildman–Crippen LogP) is 1.69. The highest BCUT2D eigenvalue weighted by atomic mass is 16.4. The van der Waals surface area contributed by atoms with Crippen LogP contribution in [0.25, 0.3) is 0 Å². The molecule has 0 radical (unpaired) electrons. The highest BCUT2D eigenvalue weighted by Gasteiger charge is 2.24. The maximum atomic E-state index is 12.4. The van der Waals surface area contributed by atoms with Gasteiger partial charge in [-0.1, -0.05) is 0 Å². The van der Waals surface area contributed by atoms with Crippen LogP contribution in [0.4, 0.5) is 0 Å². The molecule has 0 bridgehead atoms. The summed E-state index contributed by atoms with van der Waals surface area (Å²) < 4.78 is 0. The van der Waals surface area contributed by atoms with Crippen LogP contribution in [-0.2, 0) is 24.2 Å². The van der Waals surface area contributed by atoms with Gasteiger partial charge in [0, 0.05) is 44.3 Å². The summed E-state index contributed by atoms with van der Waals surface area (Å²) in [4.78, 5) is 33.3. The van der Waals surface area contributed by atoms with E-state index in [9.17, 15) is 14.7 Å². The minimum Gasteiger partial charge on any atom is -0.478 e. The number of nitrogens with zero attached hydrogens (tertiary/aromatic N) is 3. The van der Waals surface area contributed by atoms with Crippen LogP contribution in [0.2, 0.25) is 0 Å². The Kier molecular flexibility index (Phi) is 4.32. The number of carbonyl (C=O) groups excluding carboxylic acids is 1. The largest absolute Gasteiger partial charge is 0.478 e. The molecule has 0 saturated heterocycles. The zero-order valence-electron chi connectivity index (χ0n) is 12.6. The van der Waals surface area contributed by atoms with E-state index >= 15 is 0 Å². The molecule has 1 N–H and O–H groups in total. The molecule has 3 rings (SSSR count). The lowest BCUT2D eigenvalue weighted by Gasteiger charge is -2.29. The maximum absolute atomic E-state index is 12.4. The second-order valence-corrected chi connectivity index (χ2v) is 5.55. The van der Waals surface area contributed by atoms with Gasteiger partial charge in [0.2, 0.25) is 5.91 Å². The van der Waals surface area contributed by atoms with Gasteiger partial charge in [0.1, 0.15) is 0 Å². The number of amides is 1. The van der Waals surface area contributed by atoms with Crippen LogP contribution in [0.3, 0.4) is 0 Å². The molecule has 1 aliphatic heterocycles. The molecule has 6 heteroatoms. The van der Waals surface area contributed by atoms with Gasteiger partial charge in [-0.25, -0.2) is 4.79 Å². The van der Waals surface area contributed by atoms with Gasteiger partial charge in [-0.05, 0) is 41.7 Å². The minimum atomic E-state index is -0.966. The number of aryl methyl sites for hydroxylation is 1. The first kappa shape index (κ1) is 15.1. The topological polar surface area (TPSA) is 83.4 Å². The smallest absolute Gasteiger partial charge is 0.337 e. The third-order valence-corrected chi connectivity index (χ3v) is 4.10. The number of hydrogen-bond acceptors (Lipinski definition) is 4. The fraction of sp³-hybridized carbons (Fsp3) is 0.294. The van der Waals surface area contributed by atoms with Crippen molar-refractivity contribution in [2.45, 2.75) is 25.8 Å². The summed E-state index contributed by atoms with van der Waals surface area (Å²) in [5.74, 6) is -0.889. The lowest BCUT2D eigenvalue weighted by Crippen LogP contribution is -2.36. The van der Waals surface area contributed by atoms with Crippen molar-refractivity contribution in [3.8, 4) is 0 Å². The van der Waals surface area contributed by atoms with E-state index in [1.807, 2.05) is 12.1 Å². The van der Waals surface area contributed by atoms with Crippen LogP contribution in [0.15, 0.2) is 36.9 Å². The fourth-order valence-corrected chi connectivity index (χ4v) is 2.85. The van der Waals surface area contributed by atoms with Gasteiger partial charge < -0.3 is 10.0 Å². The number of aromatic carboxylic acids is 1. The van der Waals surface area contributed by atoms with Crippen molar-refractivity contribution < 1.29 is 14.7 Å². The van der Waals surface area contributed by atoms with E-state index in [0.29, 0.717) is 32.4 Å². The molecule has 0 fully saturated rings. The summed E-state index contributed by atoms with van der Waals surface area (Å²) in [7, 11) is 0. The van der Waals surface area contributed by atoms with Crippen LogP contribution in [-0.4, -0.2) is 38.4 Å². The Bertz CT molecular complexity index is 731. The van der Waals surface area contributed by atoms with Crippen LogP contribution >= 0.6 is 0 Å². The molecule has 118 valence electrons. The van der Waals surface area contributed by atoms with Crippen molar-refractivity contribution >= 4 is 11.9 Å². The number of aromatic nitrogens is 2. The Morgan fingerprint density at radius 3 is 2.70 bits per heavy atom. The van der Waals surface area contributed by atoms with Crippen molar-refractivity contribution in [3.05, 3.63) is 59.2 Å². The number of fused-ring (bicyclic) bond motifs is 1. The maximum Gasteiger partial charge on any atom is 0.337 e. The van der Waals surface area contributed by atoms with Crippen molar-refractivity contribution in [2.24, 2.45) is 0 Å². The van der Waals surface area contributed by atoms with E-state index in [4.69, 9.17) is 0 Å². The second kappa shape index (κ2) is 6.56. The first-order valence-electron chi connectivity index (χ1n) is 7.51. The third kappa shape index (κ3) is 3.36. The molecule has 0 unspecified atom stereocenters. The van der Waals surface area contributed by atoms with Crippen molar-refractivity contribution in [1.29, 1.82) is 0 Å². The molecule has 0 saturated carbocycles. The fourth-order valence-electron chi connectivity index (χ4n) is 2.85. The quantitative estimate of drug-likeness (QED) is 0.929. The average Bonchev–Trinajstić information content (AvgIpc) is 2.59. The molecule has 2 aromatic rings. The number of pyridine rings is 2. The summed E-state index contributed by atoms with van der Waals surface area (Å²) in [6.07, 6.45) is 8.14. The molecule has 0 aliphatic carbocycles. The van der Waals surface area contributed by atoms with Gasteiger partial charge in [-0.15, -0.1) is 0 Å². The Hall–Kier alpha value is -2.76. The molecule has 0 spiro atoms. The van der Waals surface area contributed by atoms with Crippen molar-refractivity contribution in [2.75, 3.05) is 6.54 Å². The highest BCUT2D eigenvalue weighted by Crippen LogP contribution is 2.22. The van der Waals surface area contributed by atoms with E-state index in [1.54, 1.807) is 23.5 Å². The van der Waals surface area contributed by atoms with Gasteiger partial charge in [-0.3, -0.25) is 14.8 Å². The SMILES string of the molecule is O=C(O)c1cncc2c1CCN(C(=O)CCc1ccncc1)C2. The van der Waals surface area contributed by atoms with E-state index in [2.05, 4.69) is 9.97 Å². The normalized spacial score (nSPS) is 13.5. The molecule has 0 atom stereocenters. The number of hydrogen-bond donors (Lipinski definition) is 1. The highest BCUT2D eigenvalue weighted by molar-refractivity contribution is 5.89. The molecular formula is C17H17N3O3. The molecule has 0 aromatic carbocycles. The Morgan fingerprint density at radius 2 is 1.96 bits per heavy atom. The number of carbonyl (C=O) groups is 2. The summed E-state index contributed by atoms with van der Waals surface area (Å²) in [5.41, 5.74) is 2.95. The first-order chi connectivity index (χ1) is 11.1. The van der Waals surface area contributed by atoms with Crippen LogP contribution in [0.5, 0.6) is 0 Å². The van der Waals surface area contributed by atoms with E-state index in [-0.39, 0.29) is 11.5 Å². The van der Waals surface area contributed by atoms with Gasteiger partial charge >= 0.3 is 5.97 Å². The van der Waals surface area contributed by atoms with Crippen molar-refractivity contribution in [1.82, 2.24) is 14.9 Å². The predicted molar refractivity (Wildman–Crippen MR) is 82.9 cm³/mol. The summed E-state index contributed by atoms with van der Waals surface area (Å²) >= 11 is 0. The van der Waals surface area contributed by atoms with Crippen LogP contribution < -0.4 is 0 Å². The van der Waals surface area contributed by atoms with Gasteiger partial charge in [0.15, 0.2) is 0 Å². The van der Waals surface area contributed by atoms with Gasteiger partial charge in [0.25, 0.3) is 0 Å². The molecule has 2 aromatic heterocycles. The molecule has 23 heavy (non-hydrogen) atoms. The summed E-state index contributed by atoms with van der Waals surface area (Å²) in [6.45, 7) is 0.977. The Labute approximate surface area is 133 Å². The lowest BCUT2D eigenvalue weighted by atomic mass is 9.97. The monoisotopic (exact) mass is 311 g/mol. The zero-order valence-corrected chi connectivity index (χ0v) is 12.6. The van der Waals surface area contributed by atoms with Crippen LogP contribution in [0, 0.1) is 0 Å². The third-order valence-electron chi connectivity index (χ3n) is 4.10. The molecule has 6 nitrogen and oxygen atoms in total. The standard InChI is InChI=1S/C17H17N3O3/c21-16(2-1-12-3-6-18-7-4-12)20-8-5-14-13(11-20)9-19-10-15(14)17(22)23/h3-4,6-7,9-10H,1-2,5,8,11H2,(H,22,23). The number of carboxylic acids is 1. The second-order valence-electron chi connectivity index (χ2n) is 5.55. The Morgan fingerprint density at radius 1 is 1.17 bits per heavy atom. The van der Waals surface area contributed by atoms with Gasteiger partial charge in [-0.2, -0.15) is 0 Å². The van der Waals surface area contributed by atoms with E-state index in [0.717, 1.165) is 16.7 Å². The molecule has 1 amide bonds. The molecular weight excluding hydrogens is 294 g/mol. The number of rotatable bonds is 4. The Balaban J connectivity index is 1.66. The minimum absolute atomic E-state index is 0.0770. The summed E-state index contributed by atoms with van der Waals surface area (Å²) in [6, 6.07) is 3.81. The van der Waals surface area contributed by atoms with E-state index in [1.165, 1.54) is 6.20 Å². The molecule has 3 heterocycles. The number of carboxylic acid groups (broad SMARTS) is 1. The first-order valence-corrected chi connectivity index (χ1v) is 7.51. The van der Waals surface area contributed by atoms with Crippen molar-refractivity contribution in [3.63, 3.8) is 0 Å². The lowest BCUT2D eigenvalue weighted by molar-refractivity contribution is -0.132. The average molecular weight is 311 g/mol. The summed E-state index contributed by atoms with van der Waals surface area (Å²) in [5, 5.41) is 9.20. The van der Waals surface area contributed by atoms with Gasteiger partial charge in [0.05, 0.1) is 5.56 Å². The molecule has 1 aliphatic rings.